The first kappa shape index (κ1) is 26.4. The number of carbonyl (C=O) groups is 1. The van der Waals surface area contributed by atoms with Crippen molar-refractivity contribution in [3.63, 3.8) is 0 Å². The highest BCUT2D eigenvalue weighted by molar-refractivity contribution is 5.85. The lowest BCUT2D eigenvalue weighted by atomic mass is 9.54. The number of aryl methyl sites for hydroxylation is 1. The Morgan fingerprint density at radius 2 is 1.85 bits per heavy atom. The maximum absolute atomic E-state index is 12.3. The van der Waals surface area contributed by atoms with Gasteiger partial charge in [0.1, 0.15) is 0 Å². The molecule has 2 aliphatic rings. The van der Waals surface area contributed by atoms with Gasteiger partial charge in [-0.05, 0) is 85.3 Å². The van der Waals surface area contributed by atoms with E-state index in [-0.39, 0.29) is 29.7 Å². The van der Waals surface area contributed by atoms with Crippen molar-refractivity contribution in [3.05, 3.63) is 59.2 Å². The molecule has 1 heterocycles. The average molecular weight is 488 g/mol. The van der Waals surface area contributed by atoms with Crippen molar-refractivity contribution >= 4 is 18.4 Å². The lowest BCUT2D eigenvalue weighted by Gasteiger charge is -2.50. The van der Waals surface area contributed by atoms with Crippen LogP contribution in [0.2, 0.25) is 0 Å². The van der Waals surface area contributed by atoms with Crippen LogP contribution in [-0.4, -0.2) is 42.9 Å². The van der Waals surface area contributed by atoms with E-state index < -0.39 is 5.97 Å². The van der Waals surface area contributed by atoms with Crippen molar-refractivity contribution in [3.8, 4) is 11.5 Å². The van der Waals surface area contributed by atoms with Gasteiger partial charge in [-0.1, -0.05) is 51.1 Å². The summed E-state index contributed by atoms with van der Waals surface area (Å²) in [5, 5.41) is 10.1. The van der Waals surface area contributed by atoms with Crippen molar-refractivity contribution in [2.24, 2.45) is 17.3 Å². The van der Waals surface area contributed by atoms with Crippen molar-refractivity contribution in [2.75, 3.05) is 26.9 Å². The zero-order valence-corrected chi connectivity index (χ0v) is 21.6. The standard InChI is InChI=1S/C28H37NO4.ClH/c1-19(2)26-23-8-6-5-7-22(23)11-13-28(26,20(3)27(30)31)14-16-29(4)15-12-21-9-10-24-25(17-21)33-18-32-24;/h5-10,17,19-20,26H,11-16,18H2,1-4H3,(H,30,31);1H. The van der Waals surface area contributed by atoms with E-state index in [0.717, 1.165) is 50.3 Å². The number of carboxylic acids is 1. The van der Waals surface area contributed by atoms with Gasteiger partial charge < -0.3 is 19.5 Å². The van der Waals surface area contributed by atoms with Crippen molar-refractivity contribution in [1.82, 2.24) is 4.90 Å². The molecule has 3 atom stereocenters. The van der Waals surface area contributed by atoms with Crippen LogP contribution in [0, 0.1) is 17.3 Å². The first-order chi connectivity index (χ1) is 15.8. The maximum Gasteiger partial charge on any atom is 0.306 e. The Morgan fingerprint density at radius 1 is 1.12 bits per heavy atom. The fourth-order valence-corrected chi connectivity index (χ4v) is 6.08. The summed E-state index contributed by atoms with van der Waals surface area (Å²) in [4.78, 5) is 14.6. The van der Waals surface area contributed by atoms with Crippen molar-refractivity contribution < 1.29 is 19.4 Å². The summed E-state index contributed by atoms with van der Waals surface area (Å²) in [6.07, 6.45) is 3.69. The monoisotopic (exact) mass is 487 g/mol. The number of rotatable bonds is 9. The lowest BCUT2D eigenvalue weighted by molar-refractivity contribution is -0.148. The van der Waals surface area contributed by atoms with Gasteiger partial charge >= 0.3 is 5.97 Å². The normalized spacial score (nSPS) is 21.8. The predicted molar refractivity (Wildman–Crippen MR) is 137 cm³/mol. The van der Waals surface area contributed by atoms with E-state index >= 15 is 0 Å². The highest BCUT2D eigenvalue weighted by Crippen LogP contribution is 2.55. The maximum atomic E-state index is 12.3. The molecule has 0 spiro atoms. The lowest BCUT2D eigenvalue weighted by Crippen LogP contribution is -2.46. The summed E-state index contributed by atoms with van der Waals surface area (Å²) in [6.45, 7) is 8.52. The summed E-state index contributed by atoms with van der Waals surface area (Å²) < 4.78 is 10.9. The Hall–Kier alpha value is -2.24. The molecule has 34 heavy (non-hydrogen) atoms. The quantitative estimate of drug-likeness (QED) is 0.484. The Balaban J connectivity index is 0.00000324. The fourth-order valence-electron chi connectivity index (χ4n) is 6.08. The predicted octanol–water partition coefficient (Wildman–Crippen LogP) is 5.79. The third-order valence-electron chi connectivity index (χ3n) is 7.95. The van der Waals surface area contributed by atoms with E-state index in [2.05, 4.69) is 62.2 Å². The third-order valence-corrected chi connectivity index (χ3v) is 7.95. The van der Waals surface area contributed by atoms with Crippen molar-refractivity contribution in [1.29, 1.82) is 0 Å². The first-order valence-corrected chi connectivity index (χ1v) is 12.2. The second kappa shape index (κ2) is 11.0. The Morgan fingerprint density at radius 3 is 2.59 bits per heavy atom. The summed E-state index contributed by atoms with van der Waals surface area (Å²) >= 11 is 0. The zero-order chi connectivity index (χ0) is 23.6. The van der Waals surface area contributed by atoms with Gasteiger partial charge in [0.25, 0.3) is 0 Å². The number of hydrogen-bond acceptors (Lipinski definition) is 4. The number of fused-ring (bicyclic) bond motifs is 2. The van der Waals surface area contributed by atoms with E-state index in [1.54, 1.807) is 0 Å². The minimum absolute atomic E-state index is 0. The minimum Gasteiger partial charge on any atom is -0.481 e. The fraction of sp³-hybridized carbons (Fsp3) is 0.536. The highest BCUT2D eigenvalue weighted by atomic mass is 35.5. The van der Waals surface area contributed by atoms with Crippen LogP contribution in [0.15, 0.2) is 42.5 Å². The SMILES string of the molecule is CC(C)C1c2ccccc2CCC1(CCN(C)CCc1ccc2c(c1)OCO2)C(C)C(=O)O.Cl. The molecular formula is C28H38ClNO4. The second-order valence-electron chi connectivity index (χ2n) is 10.2. The molecule has 0 saturated carbocycles. The van der Waals surface area contributed by atoms with Crippen LogP contribution in [0.4, 0.5) is 0 Å². The van der Waals surface area contributed by atoms with Crippen LogP contribution in [0.25, 0.3) is 0 Å². The molecular weight excluding hydrogens is 450 g/mol. The smallest absolute Gasteiger partial charge is 0.306 e. The summed E-state index contributed by atoms with van der Waals surface area (Å²) in [5.41, 5.74) is 3.73. The van der Waals surface area contributed by atoms with Gasteiger partial charge in [0.05, 0.1) is 5.92 Å². The summed E-state index contributed by atoms with van der Waals surface area (Å²) in [5.74, 6) is 1.20. The van der Waals surface area contributed by atoms with Crippen LogP contribution >= 0.6 is 12.4 Å². The Kier molecular flexibility index (Phi) is 8.53. The summed E-state index contributed by atoms with van der Waals surface area (Å²) in [6, 6.07) is 14.8. The minimum atomic E-state index is -0.678. The topological polar surface area (TPSA) is 59.0 Å². The van der Waals surface area contributed by atoms with E-state index in [4.69, 9.17) is 9.47 Å². The number of benzene rings is 2. The molecule has 4 rings (SSSR count). The van der Waals surface area contributed by atoms with Crippen molar-refractivity contribution in [2.45, 2.75) is 52.4 Å². The van der Waals surface area contributed by atoms with Crippen LogP contribution in [0.3, 0.4) is 0 Å². The molecule has 2 aromatic rings. The van der Waals surface area contributed by atoms with E-state index in [1.807, 2.05) is 13.0 Å². The molecule has 0 aromatic heterocycles. The van der Waals surface area contributed by atoms with Gasteiger partial charge in [-0.2, -0.15) is 0 Å². The molecule has 1 aliphatic carbocycles. The second-order valence-corrected chi connectivity index (χ2v) is 10.2. The molecule has 186 valence electrons. The molecule has 2 aromatic carbocycles. The largest absolute Gasteiger partial charge is 0.481 e. The number of likely N-dealkylation sites (N-methyl/N-ethyl adjacent to an activating group) is 1. The number of halogens is 1. The number of nitrogens with zero attached hydrogens (tertiary/aromatic N) is 1. The van der Waals surface area contributed by atoms with Crippen LogP contribution in [0.5, 0.6) is 11.5 Å². The van der Waals surface area contributed by atoms with Gasteiger partial charge in [0, 0.05) is 6.54 Å². The highest BCUT2D eigenvalue weighted by Gasteiger charge is 2.50. The molecule has 0 amide bonds. The average Bonchev–Trinajstić information content (AvgIpc) is 3.28. The van der Waals surface area contributed by atoms with Gasteiger partial charge in [0.2, 0.25) is 6.79 Å². The van der Waals surface area contributed by atoms with E-state index in [1.165, 1.54) is 16.7 Å². The van der Waals surface area contributed by atoms with Crippen LogP contribution < -0.4 is 9.47 Å². The molecule has 5 nitrogen and oxygen atoms in total. The number of hydrogen-bond donors (Lipinski definition) is 1. The summed E-state index contributed by atoms with van der Waals surface area (Å²) in [7, 11) is 2.15. The van der Waals surface area contributed by atoms with Gasteiger partial charge in [-0.15, -0.1) is 12.4 Å². The molecule has 1 N–H and O–H groups in total. The Labute approximate surface area is 209 Å². The molecule has 3 unspecified atom stereocenters. The van der Waals surface area contributed by atoms with Crippen LogP contribution in [-0.2, 0) is 17.6 Å². The number of aliphatic carboxylic acids is 1. The van der Waals surface area contributed by atoms with Gasteiger partial charge in [0.15, 0.2) is 11.5 Å². The third kappa shape index (κ3) is 5.21. The van der Waals surface area contributed by atoms with E-state index in [9.17, 15) is 9.90 Å². The number of carboxylic acid groups (broad SMARTS) is 1. The van der Waals surface area contributed by atoms with Gasteiger partial charge in [-0.25, -0.2) is 0 Å². The molecule has 6 heteroatoms. The molecule has 0 fully saturated rings. The first-order valence-electron chi connectivity index (χ1n) is 12.2. The molecule has 0 radical (unpaired) electrons. The number of ether oxygens (including phenoxy) is 2. The van der Waals surface area contributed by atoms with Crippen LogP contribution in [0.1, 0.15) is 56.2 Å². The van der Waals surface area contributed by atoms with Gasteiger partial charge in [-0.3, -0.25) is 4.79 Å². The molecule has 0 saturated heterocycles. The molecule has 1 aliphatic heterocycles. The van der Waals surface area contributed by atoms with E-state index in [0.29, 0.717) is 12.7 Å². The Bertz CT molecular complexity index is 994. The zero-order valence-electron chi connectivity index (χ0n) is 20.8. The molecule has 0 bridgehead atoms.